The molecule has 0 saturated heterocycles. The molecule has 1 heterocycles. The molecule has 2 N–H and O–H groups in total. The second kappa shape index (κ2) is 10.9. The van der Waals surface area contributed by atoms with E-state index in [4.69, 9.17) is 0 Å². The molecule has 2 aromatic carbocycles. The quantitative estimate of drug-likeness (QED) is 0.278. The summed E-state index contributed by atoms with van der Waals surface area (Å²) >= 11 is 0. The number of hydrogen-bond acceptors (Lipinski definition) is 5. The van der Waals surface area contributed by atoms with Gasteiger partial charge in [0.15, 0.2) is 0 Å². The monoisotopic (exact) mass is 441 g/mol. The molecular weight excluding hydrogens is 414 g/mol. The Morgan fingerprint density at radius 1 is 1.18 bits per heavy atom. The SMILES string of the molecule is C=CC(=O)N(CC)c1cccc(Nc2ncc3cc(/C(C)=C(C)/C=C\NC=O)ccc3n2)c1. The molecule has 33 heavy (non-hydrogen) atoms. The standard InChI is InChI=1S/C26H27N5O2/c1-5-25(33)31(6-2)23-9-7-8-22(15-23)29-26-28-16-21-14-20(10-11-24(21)30-26)19(4)18(3)12-13-27-17-32/h5,7-17H,1,6H2,2-4H3,(H,27,32)(H,28,29,30)/b13-12-,19-18+. The zero-order chi connectivity index (χ0) is 23.8. The normalized spacial score (nSPS) is 11.7. The van der Waals surface area contributed by atoms with Crippen molar-refractivity contribution in [1.29, 1.82) is 0 Å². The summed E-state index contributed by atoms with van der Waals surface area (Å²) in [4.78, 5) is 33.2. The van der Waals surface area contributed by atoms with Crippen LogP contribution in [0.1, 0.15) is 26.3 Å². The van der Waals surface area contributed by atoms with Crippen LogP contribution in [0.3, 0.4) is 0 Å². The Morgan fingerprint density at radius 2 is 2.00 bits per heavy atom. The lowest BCUT2D eigenvalue weighted by atomic mass is 10.0. The summed E-state index contributed by atoms with van der Waals surface area (Å²) in [6, 6.07) is 13.5. The van der Waals surface area contributed by atoms with Gasteiger partial charge >= 0.3 is 0 Å². The fraction of sp³-hybridized carbons (Fsp3) is 0.154. The topological polar surface area (TPSA) is 87.2 Å². The maximum Gasteiger partial charge on any atom is 0.250 e. The molecule has 0 aliphatic rings. The van der Waals surface area contributed by atoms with Crippen LogP contribution in [0, 0.1) is 0 Å². The molecule has 3 rings (SSSR count). The molecule has 1 aromatic heterocycles. The number of allylic oxidation sites excluding steroid dienone is 3. The van der Waals surface area contributed by atoms with Crippen molar-refractivity contribution in [3.63, 3.8) is 0 Å². The van der Waals surface area contributed by atoms with Crippen LogP contribution in [0.4, 0.5) is 17.3 Å². The Hall–Kier alpha value is -4.26. The minimum absolute atomic E-state index is 0.150. The van der Waals surface area contributed by atoms with Gasteiger partial charge in [0.05, 0.1) is 5.52 Å². The van der Waals surface area contributed by atoms with Gasteiger partial charge in [0.25, 0.3) is 0 Å². The summed E-state index contributed by atoms with van der Waals surface area (Å²) in [6.07, 6.45) is 7.18. The predicted octanol–water partition coefficient (Wildman–Crippen LogP) is 4.97. The number of benzene rings is 2. The van der Waals surface area contributed by atoms with Gasteiger partial charge in [-0.05, 0) is 80.0 Å². The maximum atomic E-state index is 12.1. The number of hydrogen-bond donors (Lipinski definition) is 2. The summed E-state index contributed by atoms with van der Waals surface area (Å²) in [5, 5.41) is 6.65. The lowest BCUT2D eigenvalue weighted by molar-refractivity contribution is -0.114. The smallest absolute Gasteiger partial charge is 0.250 e. The molecule has 0 fully saturated rings. The predicted molar refractivity (Wildman–Crippen MR) is 134 cm³/mol. The molecule has 3 aromatic rings. The van der Waals surface area contributed by atoms with Crippen LogP contribution in [0.15, 0.2) is 79.2 Å². The van der Waals surface area contributed by atoms with E-state index in [0.29, 0.717) is 18.9 Å². The first-order valence-electron chi connectivity index (χ1n) is 10.6. The number of aromatic nitrogens is 2. The third-order valence-electron chi connectivity index (χ3n) is 5.27. The molecular formula is C26H27N5O2. The van der Waals surface area contributed by atoms with Crippen molar-refractivity contribution in [2.75, 3.05) is 16.8 Å². The largest absolute Gasteiger partial charge is 0.335 e. The molecule has 0 atom stereocenters. The Balaban J connectivity index is 1.84. The zero-order valence-corrected chi connectivity index (χ0v) is 19.0. The Labute approximate surface area is 193 Å². The van der Waals surface area contributed by atoms with Crippen LogP contribution in [0.2, 0.25) is 0 Å². The first-order chi connectivity index (χ1) is 16.0. The molecule has 168 valence electrons. The minimum Gasteiger partial charge on any atom is -0.335 e. The van der Waals surface area contributed by atoms with Gasteiger partial charge in [0.2, 0.25) is 18.3 Å². The van der Waals surface area contributed by atoms with Gasteiger partial charge in [-0.2, -0.15) is 0 Å². The highest BCUT2D eigenvalue weighted by Crippen LogP contribution is 2.25. The molecule has 0 aliphatic carbocycles. The number of carbonyl (C=O) groups is 2. The number of nitrogens with one attached hydrogen (secondary N) is 2. The second-order valence-electron chi connectivity index (χ2n) is 7.36. The highest BCUT2D eigenvalue weighted by molar-refractivity contribution is 6.01. The van der Waals surface area contributed by atoms with E-state index >= 15 is 0 Å². The number of nitrogens with zero attached hydrogens (tertiary/aromatic N) is 3. The van der Waals surface area contributed by atoms with Gasteiger partial charge in [-0.1, -0.05) is 18.7 Å². The third-order valence-corrected chi connectivity index (χ3v) is 5.27. The van der Waals surface area contributed by atoms with Crippen LogP contribution in [-0.2, 0) is 9.59 Å². The van der Waals surface area contributed by atoms with Crippen molar-refractivity contribution >= 4 is 46.1 Å². The van der Waals surface area contributed by atoms with Gasteiger partial charge in [-0.15, -0.1) is 0 Å². The Kier molecular flexibility index (Phi) is 7.70. The van der Waals surface area contributed by atoms with Gasteiger partial charge in [-0.3, -0.25) is 9.59 Å². The first-order valence-corrected chi connectivity index (χ1v) is 10.6. The lowest BCUT2D eigenvalue weighted by Crippen LogP contribution is -2.28. The average molecular weight is 442 g/mol. The fourth-order valence-corrected chi connectivity index (χ4v) is 3.35. The molecule has 0 saturated carbocycles. The van der Waals surface area contributed by atoms with E-state index in [-0.39, 0.29) is 5.91 Å². The third kappa shape index (κ3) is 5.71. The van der Waals surface area contributed by atoms with E-state index < -0.39 is 0 Å². The average Bonchev–Trinajstić information content (AvgIpc) is 2.84. The van der Waals surface area contributed by atoms with Crippen molar-refractivity contribution in [3.8, 4) is 0 Å². The van der Waals surface area contributed by atoms with Crippen LogP contribution in [0.5, 0.6) is 0 Å². The van der Waals surface area contributed by atoms with Crippen molar-refractivity contribution in [2.45, 2.75) is 20.8 Å². The number of anilines is 3. The zero-order valence-electron chi connectivity index (χ0n) is 19.0. The summed E-state index contributed by atoms with van der Waals surface area (Å²) in [5.41, 5.74) is 5.55. The van der Waals surface area contributed by atoms with Crippen molar-refractivity contribution in [3.05, 3.63) is 84.7 Å². The number of rotatable bonds is 9. The fourth-order valence-electron chi connectivity index (χ4n) is 3.35. The Morgan fingerprint density at radius 3 is 2.73 bits per heavy atom. The molecule has 2 amide bonds. The minimum atomic E-state index is -0.150. The number of amides is 2. The van der Waals surface area contributed by atoms with Crippen LogP contribution in [0.25, 0.3) is 16.5 Å². The first kappa shape index (κ1) is 23.4. The summed E-state index contributed by atoms with van der Waals surface area (Å²) in [7, 11) is 0. The molecule has 0 radical (unpaired) electrons. The van der Waals surface area contributed by atoms with Gasteiger partial charge in [-0.25, -0.2) is 9.97 Å². The van der Waals surface area contributed by atoms with E-state index in [2.05, 4.69) is 27.2 Å². The molecule has 0 bridgehead atoms. The van der Waals surface area contributed by atoms with Crippen LogP contribution in [-0.4, -0.2) is 28.8 Å². The van der Waals surface area contributed by atoms with Crippen molar-refractivity contribution in [1.82, 2.24) is 15.3 Å². The Bertz CT molecular complexity index is 1250. The van der Waals surface area contributed by atoms with Crippen LogP contribution >= 0.6 is 0 Å². The highest BCUT2D eigenvalue weighted by atomic mass is 16.2. The molecule has 7 nitrogen and oxygen atoms in total. The van der Waals surface area contributed by atoms with Crippen molar-refractivity contribution < 1.29 is 9.59 Å². The van der Waals surface area contributed by atoms with Gasteiger partial charge in [0.1, 0.15) is 0 Å². The lowest BCUT2D eigenvalue weighted by Gasteiger charge is -2.20. The van der Waals surface area contributed by atoms with Gasteiger partial charge < -0.3 is 15.5 Å². The maximum absolute atomic E-state index is 12.1. The van der Waals surface area contributed by atoms with E-state index in [9.17, 15) is 9.59 Å². The van der Waals surface area contributed by atoms with Crippen LogP contribution < -0.4 is 15.5 Å². The highest BCUT2D eigenvalue weighted by Gasteiger charge is 2.11. The van der Waals surface area contributed by atoms with E-state index in [0.717, 1.165) is 39.0 Å². The summed E-state index contributed by atoms with van der Waals surface area (Å²) in [5.74, 6) is 0.319. The van der Waals surface area contributed by atoms with E-state index in [1.54, 1.807) is 17.3 Å². The molecule has 7 heteroatoms. The number of carbonyl (C=O) groups excluding carboxylic acids is 2. The van der Waals surface area contributed by atoms with Crippen molar-refractivity contribution in [2.24, 2.45) is 0 Å². The number of fused-ring (bicyclic) bond motifs is 1. The summed E-state index contributed by atoms with van der Waals surface area (Å²) in [6.45, 7) is 10.0. The summed E-state index contributed by atoms with van der Waals surface area (Å²) < 4.78 is 0. The number of likely N-dealkylation sites (N-methyl/N-ethyl adjacent to an activating group) is 1. The van der Waals surface area contributed by atoms with E-state index in [1.807, 2.05) is 69.3 Å². The molecule has 0 aliphatic heterocycles. The molecule has 0 unspecified atom stereocenters. The second-order valence-corrected chi connectivity index (χ2v) is 7.36. The van der Waals surface area contributed by atoms with E-state index in [1.165, 1.54) is 6.08 Å². The molecule has 0 spiro atoms. The van der Waals surface area contributed by atoms with Gasteiger partial charge in [0, 0.05) is 35.7 Å².